The number of pyridine rings is 3. The summed E-state index contributed by atoms with van der Waals surface area (Å²) in [5, 5.41) is 17.4. The topological polar surface area (TPSA) is 199 Å². The summed E-state index contributed by atoms with van der Waals surface area (Å²) < 4.78 is 49.1. The summed E-state index contributed by atoms with van der Waals surface area (Å²) in [5.74, 6) is 6.91. The Bertz CT molecular complexity index is 3850. The van der Waals surface area contributed by atoms with Crippen LogP contribution in [0.4, 0.5) is 3.89 Å². The van der Waals surface area contributed by atoms with Crippen LogP contribution < -0.4 is 28.4 Å². The van der Waals surface area contributed by atoms with Gasteiger partial charge in [-0.05, 0) is 202 Å². The van der Waals surface area contributed by atoms with Gasteiger partial charge in [-0.3, -0.25) is 28.4 Å². The first-order valence-corrected chi connectivity index (χ1v) is 33.7. The molecule has 6 heterocycles. The van der Waals surface area contributed by atoms with Crippen molar-refractivity contribution in [2.75, 3.05) is 47.4 Å². The van der Waals surface area contributed by atoms with E-state index in [1.54, 1.807) is 21.3 Å². The lowest BCUT2D eigenvalue weighted by Crippen LogP contribution is -2.15. The van der Waals surface area contributed by atoms with Gasteiger partial charge < -0.3 is 28.4 Å². The van der Waals surface area contributed by atoms with Gasteiger partial charge >= 0.3 is 0 Å². The molecule has 0 amide bonds. The summed E-state index contributed by atoms with van der Waals surface area (Å²) in [5.41, 5.74) is 16.9. The van der Waals surface area contributed by atoms with Crippen LogP contribution in [0.1, 0.15) is 180 Å². The van der Waals surface area contributed by atoms with Gasteiger partial charge in [-0.15, -0.1) is 0 Å². The van der Waals surface area contributed by atoms with Crippen LogP contribution in [0.25, 0.3) is 33.1 Å². The molecule has 3 saturated carbocycles. The minimum absolute atomic E-state index is 0.0489. The average Bonchev–Trinajstić information content (AvgIpc) is 1.63. The normalized spacial score (nSPS) is 17.5. The predicted molar refractivity (Wildman–Crippen MR) is 358 cm³/mol. The van der Waals surface area contributed by atoms with Gasteiger partial charge in [-0.25, -0.2) is 0 Å². The number of aromatic nitrogens is 9. The maximum Gasteiger partial charge on any atom is 0.215 e. The molecule has 1 unspecified atom stereocenters. The lowest BCUT2D eigenvalue weighted by Gasteiger charge is -2.12. The van der Waals surface area contributed by atoms with Gasteiger partial charge in [0.2, 0.25) is 17.6 Å². The largest absolute Gasteiger partial charge is 0.497 e. The van der Waals surface area contributed by atoms with E-state index in [0.29, 0.717) is 54.7 Å². The monoisotopic (exact) mass is 1280 g/mol. The van der Waals surface area contributed by atoms with Crippen molar-refractivity contribution >= 4 is 62.6 Å². The van der Waals surface area contributed by atoms with Crippen LogP contribution in [0.2, 0.25) is 0 Å². The summed E-state index contributed by atoms with van der Waals surface area (Å²) in [6.07, 6.45) is 16.1. The quantitative estimate of drug-likeness (QED) is 0.0657. The Morgan fingerprint density at radius 1 is 0.452 bits per heavy atom. The molecule has 6 aliphatic rings. The number of methoxy groups -OCH3 is 3. The maximum absolute atomic E-state index is 12.6. The number of carbonyl (C=O) groups excluding carboxylic acids is 3. The molecule has 0 N–H and O–H groups in total. The SMILES string of the molecule is COc1ccc2c(c1)CCC2CC(=O)COc1cc(C)c2c(C3CC3)nn(C)c2n1.COc1ccc2c(c1)CC[C@@H]2CC(=O)COc1cc(C)c2c(C3CC3)nn(C)c2n1.COc1ccc2c(c1)CC[C@H]2CC(=O)COc1cc(C)c2c(C3CC3)nn(C)c2n1.CSF. The van der Waals surface area contributed by atoms with Gasteiger partial charge in [0.05, 0.1) is 38.4 Å². The number of nitrogens with zero attached hydrogens (tertiary/aromatic N) is 9. The third-order valence-corrected chi connectivity index (χ3v) is 19.1. The Hall–Kier alpha value is -8.39. The molecule has 9 aromatic rings. The van der Waals surface area contributed by atoms with Crippen LogP contribution in [0.15, 0.2) is 72.8 Å². The van der Waals surface area contributed by atoms with E-state index in [1.165, 1.54) is 78.2 Å². The van der Waals surface area contributed by atoms with Crippen molar-refractivity contribution in [3.63, 3.8) is 0 Å². The van der Waals surface area contributed by atoms with Crippen molar-refractivity contribution in [2.45, 2.75) is 153 Å². The number of benzene rings is 3. The molecule has 3 atom stereocenters. The highest BCUT2D eigenvalue weighted by atomic mass is 32.2. The van der Waals surface area contributed by atoms with Gasteiger partial charge in [0, 0.05) is 111 Å². The number of hydrogen-bond donors (Lipinski definition) is 0. The number of rotatable bonds is 21. The van der Waals surface area contributed by atoms with Crippen LogP contribution in [0, 0.1) is 20.8 Å². The zero-order chi connectivity index (χ0) is 65.2. The van der Waals surface area contributed by atoms with E-state index >= 15 is 0 Å². The molecule has 0 saturated heterocycles. The van der Waals surface area contributed by atoms with E-state index in [0.717, 1.165) is 123 Å². The maximum atomic E-state index is 12.6. The molecular weight excluding hydrogens is 1200 g/mol. The number of carbonyl (C=O) groups is 3. The van der Waals surface area contributed by atoms with Crippen LogP contribution in [-0.2, 0) is 54.8 Å². The first kappa shape index (κ1) is 64.7. The lowest BCUT2D eigenvalue weighted by molar-refractivity contribution is -0.122. The smallest absolute Gasteiger partial charge is 0.215 e. The van der Waals surface area contributed by atoms with Crippen LogP contribution in [0.5, 0.6) is 34.9 Å². The fraction of sp³-hybridized carbons (Fsp3) is 0.466. The summed E-state index contributed by atoms with van der Waals surface area (Å²) in [4.78, 5) is 51.8. The highest BCUT2D eigenvalue weighted by Gasteiger charge is 2.34. The molecule has 6 aromatic heterocycles. The molecular formula is C73H84FN9O9S. The minimum Gasteiger partial charge on any atom is -0.497 e. The molecule has 93 heavy (non-hydrogen) atoms. The molecule has 3 fully saturated rings. The molecule has 3 aromatic carbocycles. The molecule has 15 rings (SSSR count). The molecule has 0 radical (unpaired) electrons. The summed E-state index contributed by atoms with van der Waals surface area (Å²) >= 11 is 0.250. The van der Waals surface area contributed by atoms with Crippen LogP contribution >= 0.6 is 12.1 Å². The van der Waals surface area contributed by atoms with E-state index in [9.17, 15) is 18.3 Å². The average molecular weight is 1280 g/mol. The number of aryl methyl sites for hydroxylation is 9. The predicted octanol–water partition coefficient (Wildman–Crippen LogP) is 13.9. The summed E-state index contributed by atoms with van der Waals surface area (Å²) in [6.45, 7) is 6.34. The third kappa shape index (κ3) is 14.6. The number of hydrogen-bond acceptors (Lipinski definition) is 16. The second-order valence-corrected chi connectivity index (χ2v) is 26.2. The van der Waals surface area contributed by atoms with Crippen molar-refractivity contribution in [3.05, 3.63) is 140 Å². The number of ketones is 3. The Balaban J connectivity index is 0.000000131. The van der Waals surface area contributed by atoms with Gasteiger partial charge in [-0.1, -0.05) is 18.2 Å². The lowest BCUT2D eigenvalue weighted by atomic mass is 9.96. The second kappa shape index (κ2) is 28.1. The summed E-state index contributed by atoms with van der Waals surface area (Å²) in [6, 6.07) is 24.3. The van der Waals surface area contributed by atoms with Gasteiger partial charge in [-0.2, -0.15) is 34.1 Å². The number of Topliss-reactive ketones (excluding diaryl/α,β-unsaturated/α-hetero) is 3. The number of fused-ring (bicyclic) bond motifs is 6. The first-order chi connectivity index (χ1) is 45.0. The first-order valence-electron chi connectivity index (χ1n) is 32.6. The highest BCUT2D eigenvalue weighted by Crippen LogP contribution is 2.47. The van der Waals surface area contributed by atoms with E-state index < -0.39 is 0 Å². The molecule has 488 valence electrons. The fourth-order valence-corrected chi connectivity index (χ4v) is 14.0. The zero-order valence-corrected chi connectivity index (χ0v) is 55.9. The molecule has 20 heteroatoms. The van der Waals surface area contributed by atoms with E-state index in [2.05, 4.69) is 87.4 Å². The summed E-state index contributed by atoms with van der Waals surface area (Å²) in [7, 11) is 10.8. The van der Waals surface area contributed by atoms with Crippen molar-refractivity contribution in [1.82, 2.24) is 44.3 Å². The Kier molecular flexibility index (Phi) is 19.5. The zero-order valence-electron chi connectivity index (χ0n) is 55.1. The highest BCUT2D eigenvalue weighted by molar-refractivity contribution is 7.93. The molecule has 18 nitrogen and oxygen atoms in total. The second-order valence-electron chi connectivity index (χ2n) is 25.9. The van der Waals surface area contributed by atoms with Gasteiger partial charge in [0.1, 0.15) is 37.1 Å². The van der Waals surface area contributed by atoms with E-state index in [-0.39, 0.29) is 67.1 Å². The standard InChI is InChI=1S/3C24H27N3O3.CH3FS/c3*1-14-10-21(25-24-22(14)23(15-4-5-15)26-27(24)2)30-13-18(28)11-16-6-7-17-12-19(29-3)8-9-20(16)17;1-3-2/h3*8-10,12,15-16H,4-7,11,13H2,1-3H3;1H3/t2*16-;;/m10../s1. The number of ether oxygens (including phenoxy) is 6. The van der Waals surface area contributed by atoms with Crippen molar-refractivity contribution in [2.24, 2.45) is 21.1 Å². The molecule has 0 spiro atoms. The minimum atomic E-state index is 0.0489. The van der Waals surface area contributed by atoms with Crippen molar-refractivity contribution < 1.29 is 46.7 Å². The van der Waals surface area contributed by atoms with Crippen LogP contribution in [-0.4, -0.2) is 109 Å². The third-order valence-electron chi connectivity index (χ3n) is 19.1. The number of halogens is 1. The van der Waals surface area contributed by atoms with Crippen LogP contribution in [0.3, 0.4) is 0 Å². The van der Waals surface area contributed by atoms with Gasteiger partial charge in [0.25, 0.3) is 0 Å². The Morgan fingerprint density at radius 3 is 0.968 bits per heavy atom. The Morgan fingerprint density at radius 2 is 0.720 bits per heavy atom. The molecule has 0 bridgehead atoms. The Labute approximate surface area is 546 Å². The van der Waals surface area contributed by atoms with Crippen molar-refractivity contribution in [3.8, 4) is 34.9 Å². The van der Waals surface area contributed by atoms with E-state index in [4.69, 9.17) is 28.4 Å². The molecule has 0 aliphatic heterocycles. The van der Waals surface area contributed by atoms with E-state index in [1.807, 2.05) is 71.6 Å². The fourth-order valence-electron chi connectivity index (χ4n) is 14.0. The molecule has 6 aliphatic carbocycles. The van der Waals surface area contributed by atoms with Gasteiger partial charge in [0.15, 0.2) is 34.3 Å². The van der Waals surface area contributed by atoms with Crippen molar-refractivity contribution in [1.29, 1.82) is 0 Å².